The number of hydrogen-bond donors (Lipinski definition) is 1. The van der Waals surface area contributed by atoms with Gasteiger partial charge in [-0.1, -0.05) is 54.6 Å². The predicted molar refractivity (Wildman–Crippen MR) is 135 cm³/mol. The van der Waals surface area contributed by atoms with Gasteiger partial charge in [-0.25, -0.2) is 4.79 Å². The van der Waals surface area contributed by atoms with Crippen molar-refractivity contribution in [3.8, 4) is 0 Å². The van der Waals surface area contributed by atoms with Crippen LogP contribution in [0.1, 0.15) is 15.9 Å². The van der Waals surface area contributed by atoms with Crippen LogP contribution in [0.2, 0.25) is 0 Å². The molecular weight excluding hydrogens is 412 g/mol. The lowest BCUT2D eigenvalue weighted by Gasteiger charge is -2.37. The number of carbonyl (C=O) groups is 1. The fraction of sp³-hybridized carbons (Fsp3) is 0.296. The molecule has 0 aromatic heterocycles. The van der Waals surface area contributed by atoms with Gasteiger partial charge in [0.15, 0.2) is 0 Å². The highest BCUT2D eigenvalue weighted by atomic mass is 16.5. The van der Waals surface area contributed by atoms with Crippen molar-refractivity contribution in [3.63, 3.8) is 0 Å². The number of nitrogen functional groups attached to an aromatic ring is 1. The Morgan fingerprint density at radius 2 is 1.58 bits per heavy atom. The molecule has 0 saturated carbocycles. The molecule has 0 atom stereocenters. The van der Waals surface area contributed by atoms with Crippen molar-refractivity contribution < 1.29 is 9.53 Å². The Bertz CT molecular complexity index is 1030. The second-order valence-electron chi connectivity index (χ2n) is 8.30. The van der Waals surface area contributed by atoms with E-state index in [0.717, 1.165) is 45.0 Å². The number of methoxy groups -OCH3 is 1. The second-order valence-corrected chi connectivity index (χ2v) is 8.30. The number of hydrogen-bond acceptors (Lipinski definition) is 6. The molecular formula is C27H32N4O2. The summed E-state index contributed by atoms with van der Waals surface area (Å²) >= 11 is 0. The van der Waals surface area contributed by atoms with Crippen molar-refractivity contribution in [1.82, 2.24) is 4.90 Å². The summed E-state index contributed by atoms with van der Waals surface area (Å²) in [6.45, 7) is 6.42. The van der Waals surface area contributed by atoms with Crippen LogP contribution in [-0.4, -0.2) is 57.2 Å². The highest BCUT2D eigenvalue weighted by Gasteiger charge is 2.22. The predicted octanol–water partition coefficient (Wildman–Crippen LogP) is 3.88. The van der Waals surface area contributed by atoms with E-state index in [1.54, 1.807) is 6.07 Å². The lowest BCUT2D eigenvalue weighted by molar-refractivity contribution is 0.0602. The number of nitrogens with zero attached hydrogens (tertiary/aromatic N) is 3. The van der Waals surface area contributed by atoms with E-state index < -0.39 is 5.97 Å². The number of benzene rings is 3. The molecule has 33 heavy (non-hydrogen) atoms. The van der Waals surface area contributed by atoms with Gasteiger partial charge in [0.25, 0.3) is 0 Å². The number of para-hydroxylation sites is 1. The minimum absolute atomic E-state index is 0.405. The van der Waals surface area contributed by atoms with E-state index in [0.29, 0.717) is 17.8 Å². The van der Waals surface area contributed by atoms with Crippen molar-refractivity contribution >= 4 is 23.0 Å². The Morgan fingerprint density at radius 3 is 2.24 bits per heavy atom. The molecule has 6 nitrogen and oxygen atoms in total. The van der Waals surface area contributed by atoms with Crippen molar-refractivity contribution in [1.29, 1.82) is 0 Å². The molecule has 1 heterocycles. The van der Waals surface area contributed by atoms with E-state index in [4.69, 9.17) is 10.5 Å². The summed E-state index contributed by atoms with van der Waals surface area (Å²) in [5, 5.41) is 0. The molecule has 2 N–H and O–H groups in total. The third kappa shape index (κ3) is 5.65. The van der Waals surface area contributed by atoms with Gasteiger partial charge >= 0.3 is 5.97 Å². The molecule has 0 bridgehead atoms. The SMILES string of the molecule is COC(=O)c1c(N)cccc1N(CCN1CCN(c2ccccc2)CC1)Cc1ccccc1. The number of esters is 1. The summed E-state index contributed by atoms with van der Waals surface area (Å²) in [7, 11) is 1.40. The normalized spacial score (nSPS) is 14.2. The quantitative estimate of drug-likeness (QED) is 0.420. The molecule has 0 aliphatic carbocycles. The minimum Gasteiger partial charge on any atom is -0.465 e. The number of rotatable bonds is 8. The Morgan fingerprint density at radius 1 is 0.909 bits per heavy atom. The van der Waals surface area contributed by atoms with Crippen LogP contribution in [0, 0.1) is 0 Å². The summed E-state index contributed by atoms with van der Waals surface area (Å²) in [6.07, 6.45) is 0. The molecule has 4 rings (SSSR count). The first-order chi connectivity index (χ1) is 16.2. The Labute approximate surface area is 196 Å². The Kier molecular flexibility index (Phi) is 7.47. The van der Waals surface area contributed by atoms with Gasteiger partial charge in [0.1, 0.15) is 5.56 Å². The lowest BCUT2D eigenvalue weighted by Crippen LogP contribution is -2.48. The van der Waals surface area contributed by atoms with E-state index in [2.05, 4.69) is 57.2 Å². The molecule has 1 aliphatic heterocycles. The first kappa shape index (κ1) is 22.7. The highest BCUT2D eigenvalue weighted by molar-refractivity contribution is 6.01. The highest BCUT2D eigenvalue weighted by Crippen LogP contribution is 2.28. The van der Waals surface area contributed by atoms with Gasteiger partial charge in [0.05, 0.1) is 12.8 Å². The van der Waals surface area contributed by atoms with E-state index in [9.17, 15) is 4.79 Å². The first-order valence-electron chi connectivity index (χ1n) is 11.4. The maximum atomic E-state index is 12.5. The molecule has 3 aromatic carbocycles. The zero-order chi connectivity index (χ0) is 23.0. The Hall–Kier alpha value is -3.51. The standard InChI is InChI=1S/C27H32N4O2/c1-33-27(32)26-24(28)13-8-14-25(26)31(21-22-9-4-2-5-10-22)20-17-29-15-18-30(19-16-29)23-11-6-3-7-12-23/h2-14H,15-21,28H2,1H3. The number of nitrogens with two attached hydrogens (primary N) is 1. The fourth-order valence-corrected chi connectivity index (χ4v) is 4.36. The molecule has 172 valence electrons. The molecule has 3 aromatic rings. The monoisotopic (exact) mass is 444 g/mol. The lowest BCUT2D eigenvalue weighted by atomic mass is 10.1. The maximum Gasteiger partial charge on any atom is 0.342 e. The zero-order valence-corrected chi connectivity index (χ0v) is 19.2. The van der Waals surface area contributed by atoms with Gasteiger partial charge in [-0.3, -0.25) is 4.90 Å². The zero-order valence-electron chi connectivity index (χ0n) is 19.2. The van der Waals surface area contributed by atoms with E-state index in [-0.39, 0.29) is 0 Å². The van der Waals surface area contributed by atoms with Crippen molar-refractivity contribution in [2.75, 3.05) is 61.9 Å². The molecule has 6 heteroatoms. The van der Waals surface area contributed by atoms with E-state index in [1.807, 2.05) is 30.3 Å². The number of piperazine rings is 1. The van der Waals surface area contributed by atoms with Gasteiger partial charge < -0.3 is 20.3 Å². The molecule has 0 unspecified atom stereocenters. The van der Waals surface area contributed by atoms with Gasteiger partial charge in [0.2, 0.25) is 0 Å². The number of ether oxygens (including phenoxy) is 1. The molecule has 1 aliphatic rings. The molecule has 0 amide bonds. The van der Waals surface area contributed by atoms with Gasteiger partial charge in [-0.2, -0.15) is 0 Å². The average molecular weight is 445 g/mol. The van der Waals surface area contributed by atoms with E-state index in [1.165, 1.54) is 18.4 Å². The van der Waals surface area contributed by atoms with Crippen LogP contribution in [0.3, 0.4) is 0 Å². The molecule has 1 saturated heterocycles. The molecule has 1 fully saturated rings. The third-order valence-electron chi connectivity index (χ3n) is 6.20. The second kappa shape index (κ2) is 10.9. The smallest absolute Gasteiger partial charge is 0.342 e. The largest absolute Gasteiger partial charge is 0.465 e. The van der Waals surface area contributed by atoms with E-state index >= 15 is 0 Å². The molecule has 0 radical (unpaired) electrons. The number of anilines is 3. The fourth-order valence-electron chi connectivity index (χ4n) is 4.36. The van der Waals surface area contributed by atoms with Crippen molar-refractivity contribution in [3.05, 3.63) is 90.0 Å². The summed E-state index contributed by atoms with van der Waals surface area (Å²) in [4.78, 5) is 19.7. The topological polar surface area (TPSA) is 62.0 Å². The Balaban J connectivity index is 1.48. The maximum absolute atomic E-state index is 12.5. The van der Waals surface area contributed by atoms with Crippen LogP contribution in [0.5, 0.6) is 0 Å². The summed E-state index contributed by atoms with van der Waals surface area (Å²) in [6, 6.07) is 26.5. The summed E-state index contributed by atoms with van der Waals surface area (Å²) < 4.78 is 5.04. The van der Waals surface area contributed by atoms with Gasteiger partial charge in [0, 0.05) is 57.2 Å². The van der Waals surface area contributed by atoms with Crippen LogP contribution < -0.4 is 15.5 Å². The van der Waals surface area contributed by atoms with Crippen molar-refractivity contribution in [2.24, 2.45) is 0 Å². The van der Waals surface area contributed by atoms with Crippen LogP contribution >= 0.6 is 0 Å². The minimum atomic E-state index is -0.405. The molecule has 0 spiro atoms. The van der Waals surface area contributed by atoms with Crippen LogP contribution in [0.25, 0.3) is 0 Å². The van der Waals surface area contributed by atoms with Gasteiger partial charge in [-0.15, -0.1) is 0 Å². The van der Waals surface area contributed by atoms with Crippen LogP contribution in [0.15, 0.2) is 78.9 Å². The third-order valence-corrected chi connectivity index (χ3v) is 6.20. The van der Waals surface area contributed by atoms with Crippen LogP contribution in [-0.2, 0) is 11.3 Å². The average Bonchev–Trinajstić information content (AvgIpc) is 2.87. The van der Waals surface area contributed by atoms with Crippen molar-refractivity contribution in [2.45, 2.75) is 6.54 Å². The van der Waals surface area contributed by atoms with Crippen LogP contribution in [0.4, 0.5) is 17.1 Å². The number of carbonyl (C=O) groups excluding carboxylic acids is 1. The summed E-state index contributed by atoms with van der Waals surface area (Å²) in [5.41, 5.74) is 10.4. The summed E-state index contributed by atoms with van der Waals surface area (Å²) in [5.74, 6) is -0.405. The van der Waals surface area contributed by atoms with Gasteiger partial charge in [-0.05, 0) is 29.8 Å². The first-order valence-corrected chi connectivity index (χ1v) is 11.4.